The van der Waals surface area contributed by atoms with Crippen LogP contribution in [-0.2, 0) is 0 Å². The van der Waals surface area contributed by atoms with Crippen molar-refractivity contribution >= 4 is 27.4 Å². The van der Waals surface area contributed by atoms with Crippen molar-refractivity contribution in [3.8, 4) is 34.2 Å². The molecule has 0 aliphatic rings. The van der Waals surface area contributed by atoms with E-state index in [4.69, 9.17) is 10.5 Å². The first kappa shape index (κ1) is 18.4. The van der Waals surface area contributed by atoms with Crippen molar-refractivity contribution in [2.75, 3.05) is 12.8 Å². The summed E-state index contributed by atoms with van der Waals surface area (Å²) in [6, 6.07) is 15.3. The Morgan fingerprint density at radius 3 is 2.59 bits per heavy atom. The van der Waals surface area contributed by atoms with Crippen molar-refractivity contribution < 1.29 is 9.66 Å². The van der Waals surface area contributed by atoms with E-state index in [9.17, 15) is 15.4 Å². The number of halogens is 1. The van der Waals surface area contributed by atoms with Crippen LogP contribution in [0.25, 0.3) is 22.4 Å². The maximum atomic E-state index is 11.3. The molecular formula is C19H13BrN4O3. The van der Waals surface area contributed by atoms with Gasteiger partial charge in [0.15, 0.2) is 0 Å². The summed E-state index contributed by atoms with van der Waals surface area (Å²) in [7, 11) is 1.55. The van der Waals surface area contributed by atoms with E-state index in [0.29, 0.717) is 32.6 Å². The van der Waals surface area contributed by atoms with Crippen LogP contribution in [0.3, 0.4) is 0 Å². The predicted octanol–water partition coefficient (Wildman–Crippen LogP) is 4.55. The molecule has 0 aliphatic carbocycles. The van der Waals surface area contributed by atoms with Gasteiger partial charge in [-0.25, -0.2) is 4.98 Å². The third-order valence-corrected chi connectivity index (χ3v) is 4.62. The minimum absolute atomic E-state index is 0.00934. The van der Waals surface area contributed by atoms with Crippen LogP contribution in [0.15, 0.2) is 53.0 Å². The third kappa shape index (κ3) is 3.45. The molecule has 0 saturated heterocycles. The molecule has 0 fully saturated rings. The summed E-state index contributed by atoms with van der Waals surface area (Å²) in [5, 5.41) is 20.9. The summed E-state index contributed by atoms with van der Waals surface area (Å²) in [5.41, 5.74) is 7.98. The van der Waals surface area contributed by atoms with E-state index in [0.717, 1.165) is 0 Å². The zero-order chi connectivity index (χ0) is 19.6. The molecule has 1 heterocycles. The Kier molecular flexibility index (Phi) is 5.05. The number of nitrogens with two attached hydrogens (primary N) is 1. The molecule has 0 unspecified atom stereocenters. The number of anilines is 1. The molecule has 0 saturated carbocycles. The van der Waals surface area contributed by atoms with E-state index in [1.807, 2.05) is 0 Å². The lowest BCUT2D eigenvalue weighted by molar-refractivity contribution is -0.384. The van der Waals surface area contributed by atoms with Crippen LogP contribution in [0, 0.1) is 21.4 Å². The van der Waals surface area contributed by atoms with Gasteiger partial charge < -0.3 is 10.5 Å². The molecule has 134 valence electrons. The van der Waals surface area contributed by atoms with Gasteiger partial charge in [0.2, 0.25) is 0 Å². The SMILES string of the molecule is COc1ccc(-c2cc(-c3ccccc3[N+](=O)[O-])nc(N)c2C#N)cc1Br. The molecule has 2 N–H and O–H groups in total. The summed E-state index contributed by atoms with van der Waals surface area (Å²) in [6.45, 7) is 0. The molecule has 2 aromatic carbocycles. The summed E-state index contributed by atoms with van der Waals surface area (Å²) >= 11 is 3.42. The molecule has 3 aromatic rings. The monoisotopic (exact) mass is 424 g/mol. The average molecular weight is 425 g/mol. The van der Waals surface area contributed by atoms with Gasteiger partial charge in [0.05, 0.1) is 27.8 Å². The second-order valence-corrected chi connectivity index (χ2v) is 6.41. The van der Waals surface area contributed by atoms with Crippen LogP contribution in [0.4, 0.5) is 11.5 Å². The molecule has 0 bridgehead atoms. The smallest absolute Gasteiger partial charge is 0.278 e. The zero-order valence-corrected chi connectivity index (χ0v) is 15.7. The molecule has 3 rings (SSSR count). The number of nitro benzene ring substituents is 1. The highest BCUT2D eigenvalue weighted by atomic mass is 79.9. The van der Waals surface area contributed by atoms with Gasteiger partial charge in [-0.2, -0.15) is 5.26 Å². The highest BCUT2D eigenvalue weighted by Gasteiger charge is 2.19. The van der Waals surface area contributed by atoms with Crippen LogP contribution in [-0.4, -0.2) is 17.0 Å². The number of nitro groups is 1. The van der Waals surface area contributed by atoms with Crippen molar-refractivity contribution in [1.29, 1.82) is 5.26 Å². The zero-order valence-electron chi connectivity index (χ0n) is 14.1. The molecule has 0 atom stereocenters. The predicted molar refractivity (Wildman–Crippen MR) is 105 cm³/mol. The van der Waals surface area contributed by atoms with Gasteiger partial charge in [0.25, 0.3) is 5.69 Å². The van der Waals surface area contributed by atoms with E-state index in [1.165, 1.54) is 6.07 Å². The highest BCUT2D eigenvalue weighted by Crippen LogP contribution is 2.37. The number of nitrogen functional groups attached to an aromatic ring is 1. The maximum absolute atomic E-state index is 11.3. The maximum Gasteiger partial charge on any atom is 0.278 e. The summed E-state index contributed by atoms with van der Waals surface area (Å²) in [6.07, 6.45) is 0. The van der Waals surface area contributed by atoms with Gasteiger partial charge >= 0.3 is 0 Å². The number of nitrogens with zero attached hydrogens (tertiary/aromatic N) is 3. The van der Waals surface area contributed by atoms with Crippen molar-refractivity contribution in [2.45, 2.75) is 0 Å². The van der Waals surface area contributed by atoms with Gasteiger partial charge in [0, 0.05) is 11.6 Å². The van der Waals surface area contributed by atoms with E-state index in [1.54, 1.807) is 49.6 Å². The van der Waals surface area contributed by atoms with E-state index in [-0.39, 0.29) is 17.1 Å². The normalized spacial score (nSPS) is 10.3. The Hall–Kier alpha value is -3.44. The molecule has 8 heteroatoms. The fourth-order valence-electron chi connectivity index (χ4n) is 2.73. The summed E-state index contributed by atoms with van der Waals surface area (Å²) < 4.78 is 5.93. The number of nitriles is 1. The number of methoxy groups -OCH3 is 1. The fraction of sp³-hybridized carbons (Fsp3) is 0.0526. The molecular weight excluding hydrogens is 412 g/mol. The second-order valence-electron chi connectivity index (χ2n) is 5.55. The first-order chi connectivity index (χ1) is 13.0. The summed E-state index contributed by atoms with van der Waals surface area (Å²) in [5.74, 6) is 0.647. The van der Waals surface area contributed by atoms with Gasteiger partial charge in [-0.15, -0.1) is 0 Å². The second kappa shape index (κ2) is 7.43. The van der Waals surface area contributed by atoms with Gasteiger partial charge in [-0.3, -0.25) is 10.1 Å². The minimum atomic E-state index is -0.477. The van der Waals surface area contributed by atoms with E-state index < -0.39 is 4.92 Å². The lowest BCUT2D eigenvalue weighted by atomic mass is 9.98. The van der Waals surface area contributed by atoms with Crippen molar-refractivity contribution in [1.82, 2.24) is 4.98 Å². The number of hydrogen-bond donors (Lipinski definition) is 1. The first-order valence-electron chi connectivity index (χ1n) is 7.74. The van der Waals surface area contributed by atoms with Crippen LogP contribution < -0.4 is 10.5 Å². The van der Waals surface area contributed by atoms with Gasteiger partial charge in [-0.05, 0) is 45.8 Å². The number of pyridine rings is 1. The lowest BCUT2D eigenvalue weighted by Gasteiger charge is -2.12. The van der Waals surface area contributed by atoms with Crippen LogP contribution in [0.2, 0.25) is 0 Å². The topological polar surface area (TPSA) is 115 Å². The Balaban J connectivity index is 2.26. The molecule has 0 spiro atoms. The van der Waals surface area contributed by atoms with Gasteiger partial charge in [-0.1, -0.05) is 18.2 Å². The molecule has 7 nitrogen and oxygen atoms in total. The summed E-state index contributed by atoms with van der Waals surface area (Å²) in [4.78, 5) is 15.1. The molecule has 0 amide bonds. The Morgan fingerprint density at radius 1 is 1.22 bits per heavy atom. The Morgan fingerprint density at radius 2 is 1.96 bits per heavy atom. The third-order valence-electron chi connectivity index (χ3n) is 4.00. The van der Waals surface area contributed by atoms with Crippen LogP contribution >= 0.6 is 15.9 Å². The Bertz CT molecular complexity index is 1090. The van der Waals surface area contributed by atoms with Crippen molar-refractivity contribution in [3.63, 3.8) is 0 Å². The number of rotatable bonds is 4. The number of ether oxygens (including phenoxy) is 1. The number of para-hydroxylation sites is 1. The molecule has 1 aromatic heterocycles. The number of hydrogen-bond acceptors (Lipinski definition) is 6. The average Bonchev–Trinajstić information content (AvgIpc) is 2.67. The van der Waals surface area contributed by atoms with Crippen molar-refractivity contribution in [3.05, 3.63) is 68.7 Å². The number of aromatic nitrogens is 1. The van der Waals surface area contributed by atoms with Crippen molar-refractivity contribution in [2.24, 2.45) is 0 Å². The molecule has 0 radical (unpaired) electrons. The molecule has 0 aliphatic heterocycles. The molecule has 27 heavy (non-hydrogen) atoms. The largest absolute Gasteiger partial charge is 0.496 e. The first-order valence-corrected chi connectivity index (χ1v) is 8.54. The van der Waals surface area contributed by atoms with E-state index in [2.05, 4.69) is 27.0 Å². The van der Waals surface area contributed by atoms with Crippen LogP contribution in [0.1, 0.15) is 5.56 Å². The van der Waals surface area contributed by atoms with Gasteiger partial charge in [0.1, 0.15) is 23.2 Å². The standard InChI is InChI=1S/C19H13BrN4O3/c1-27-18-7-6-11(8-15(18)20)13-9-16(23-19(22)14(13)10-21)12-4-2-3-5-17(12)24(25)26/h2-9H,1H3,(H2,22,23). The van der Waals surface area contributed by atoms with E-state index >= 15 is 0 Å². The Labute approximate surface area is 163 Å². The minimum Gasteiger partial charge on any atom is -0.496 e. The number of benzene rings is 2. The van der Waals surface area contributed by atoms with Crippen LogP contribution in [0.5, 0.6) is 5.75 Å². The quantitative estimate of drug-likeness (QED) is 0.485. The highest BCUT2D eigenvalue weighted by molar-refractivity contribution is 9.10. The fourth-order valence-corrected chi connectivity index (χ4v) is 3.27. The lowest BCUT2D eigenvalue weighted by Crippen LogP contribution is -2.01.